The Kier molecular flexibility index (Phi) is 5.41. The first-order valence-electron chi connectivity index (χ1n) is 6.40. The van der Waals surface area contributed by atoms with E-state index in [0.29, 0.717) is 24.5 Å². The van der Waals surface area contributed by atoms with Crippen LogP contribution in [0.15, 0.2) is 4.42 Å². The molecule has 0 fully saturated rings. The van der Waals surface area contributed by atoms with Crippen LogP contribution >= 0.6 is 0 Å². The normalized spacial score (nSPS) is 11.0. The molecular formula is C14H23NO3. The summed E-state index contributed by atoms with van der Waals surface area (Å²) in [5.41, 5.74) is 1.58. The summed E-state index contributed by atoms with van der Waals surface area (Å²) in [6, 6.07) is 0. The molecule has 4 heteroatoms. The Bertz CT molecular complexity index is 407. The molecule has 1 heterocycles. The maximum atomic E-state index is 12.0. The Labute approximate surface area is 109 Å². The molecule has 1 amide bonds. The summed E-state index contributed by atoms with van der Waals surface area (Å²) < 4.78 is 10.9. The largest absolute Gasteiger partial charge is 0.466 e. The van der Waals surface area contributed by atoms with Crippen molar-refractivity contribution >= 4 is 5.91 Å². The van der Waals surface area contributed by atoms with Gasteiger partial charge in [0.1, 0.15) is 11.5 Å². The Hall–Kier alpha value is -1.29. The zero-order valence-electron chi connectivity index (χ0n) is 11.9. The molecule has 0 aliphatic heterocycles. The number of carbonyl (C=O) groups excluding carboxylic acids is 1. The van der Waals surface area contributed by atoms with Crippen LogP contribution in [0.5, 0.6) is 0 Å². The summed E-state index contributed by atoms with van der Waals surface area (Å²) in [5, 5.41) is 2.89. The summed E-state index contributed by atoms with van der Waals surface area (Å²) in [6.45, 7) is 10.9. The van der Waals surface area contributed by atoms with Crippen molar-refractivity contribution < 1.29 is 13.9 Å². The van der Waals surface area contributed by atoms with Crippen molar-refractivity contribution in [1.29, 1.82) is 0 Å². The predicted octanol–water partition coefficient (Wildman–Crippen LogP) is 2.75. The van der Waals surface area contributed by atoms with Gasteiger partial charge in [-0.3, -0.25) is 4.79 Å². The maximum absolute atomic E-state index is 12.0. The molecule has 1 N–H and O–H groups in total. The van der Waals surface area contributed by atoms with E-state index in [1.165, 1.54) is 0 Å². The standard InChI is InChI=1S/C14H23NO3/c1-9(2)17-8-6-7-15-14(16)13-10(3)11(4)18-12(13)5/h9H,6-8H2,1-5H3,(H,15,16). The zero-order valence-corrected chi connectivity index (χ0v) is 11.9. The lowest BCUT2D eigenvalue weighted by molar-refractivity contribution is 0.0757. The van der Waals surface area contributed by atoms with Crippen LogP contribution in [0.4, 0.5) is 0 Å². The second-order valence-corrected chi connectivity index (χ2v) is 4.74. The summed E-state index contributed by atoms with van der Waals surface area (Å²) in [7, 11) is 0. The Balaban J connectivity index is 2.41. The van der Waals surface area contributed by atoms with Crippen molar-refractivity contribution in [2.75, 3.05) is 13.2 Å². The molecular weight excluding hydrogens is 230 g/mol. The van der Waals surface area contributed by atoms with Gasteiger partial charge < -0.3 is 14.5 Å². The molecule has 0 atom stereocenters. The van der Waals surface area contributed by atoms with Crippen LogP contribution in [0.25, 0.3) is 0 Å². The molecule has 102 valence electrons. The van der Waals surface area contributed by atoms with Gasteiger partial charge in [0, 0.05) is 18.7 Å². The third-order valence-electron chi connectivity index (χ3n) is 2.85. The van der Waals surface area contributed by atoms with Crippen molar-refractivity contribution in [2.45, 2.75) is 47.1 Å². The molecule has 0 aliphatic carbocycles. The zero-order chi connectivity index (χ0) is 13.7. The SMILES string of the molecule is Cc1oc(C)c(C(=O)NCCCOC(C)C)c1C. The highest BCUT2D eigenvalue weighted by Gasteiger charge is 2.17. The minimum atomic E-state index is -0.0635. The number of amides is 1. The Morgan fingerprint density at radius 3 is 2.44 bits per heavy atom. The maximum Gasteiger partial charge on any atom is 0.255 e. The number of hydrogen-bond acceptors (Lipinski definition) is 3. The van der Waals surface area contributed by atoms with Gasteiger partial charge in [-0.05, 0) is 41.0 Å². The van der Waals surface area contributed by atoms with E-state index in [4.69, 9.17) is 9.15 Å². The highest BCUT2D eigenvalue weighted by Crippen LogP contribution is 2.20. The molecule has 18 heavy (non-hydrogen) atoms. The number of aryl methyl sites for hydroxylation is 2. The first kappa shape index (κ1) is 14.8. The van der Waals surface area contributed by atoms with Crippen LogP contribution in [0.1, 0.15) is 47.7 Å². The molecule has 0 saturated carbocycles. The topological polar surface area (TPSA) is 51.5 Å². The van der Waals surface area contributed by atoms with Gasteiger partial charge in [-0.25, -0.2) is 0 Å². The van der Waals surface area contributed by atoms with Gasteiger partial charge in [0.05, 0.1) is 11.7 Å². The van der Waals surface area contributed by atoms with Crippen LogP contribution in [0, 0.1) is 20.8 Å². The smallest absolute Gasteiger partial charge is 0.255 e. The fourth-order valence-corrected chi connectivity index (χ4v) is 1.81. The van der Waals surface area contributed by atoms with E-state index >= 15 is 0 Å². The van der Waals surface area contributed by atoms with E-state index < -0.39 is 0 Å². The number of carbonyl (C=O) groups is 1. The Morgan fingerprint density at radius 2 is 1.94 bits per heavy atom. The summed E-state index contributed by atoms with van der Waals surface area (Å²) in [5.74, 6) is 1.42. The minimum absolute atomic E-state index is 0.0635. The molecule has 1 rings (SSSR count). The van der Waals surface area contributed by atoms with E-state index in [1.54, 1.807) is 0 Å². The van der Waals surface area contributed by atoms with Crippen LogP contribution in [-0.2, 0) is 4.74 Å². The fourth-order valence-electron chi connectivity index (χ4n) is 1.81. The van der Waals surface area contributed by atoms with Crippen LogP contribution < -0.4 is 5.32 Å². The van der Waals surface area contributed by atoms with Gasteiger partial charge in [-0.2, -0.15) is 0 Å². The van der Waals surface area contributed by atoms with E-state index in [-0.39, 0.29) is 12.0 Å². The average Bonchev–Trinajstić information content (AvgIpc) is 2.52. The van der Waals surface area contributed by atoms with Crippen molar-refractivity contribution in [3.05, 3.63) is 22.6 Å². The molecule has 0 aromatic carbocycles. The van der Waals surface area contributed by atoms with Crippen LogP contribution in [0.3, 0.4) is 0 Å². The molecule has 4 nitrogen and oxygen atoms in total. The lowest BCUT2D eigenvalue weighted by Crippen LogP contribution is -2.26. The quantitative estimate of drug-likeness (QED) is 0.793. The van der Waals surface area contributed by atoms with E-state index in [1.807, 2.05) is 34.6 Å². The second kappa shape index (κ2) is 6.59. The van der Waals surface area contributed by atoms with E-state index in [0.717, 1.165) is 17.7 Å². The van der Waals surface area contributed by atoms with Crippen LogP contribution in [0.2, 0.25) is 0 Å². The molecule has 0 aliphatic rings. The van der Waals surface area contributed by atoms with Gasteiger partial charge in [0.2, 0.25) is 0 Å². The fraction of sp³-hybridized carbons (Fsp3) is 0.643. The molecule has 0 spiro atoms. The van der Waals surface area contributed by atoms with Crippen LogP contribution in [-0.4, -0.2) is 25.2 Å². The highest BCUT2D eigenvalue weighted by atomic mass is 16.5. The first-order valence-corrected chi connectivity index (χ1v) is 6.40. The lowest BCUT2D eigenvalue weighted by Gasteiger charge is -2.08. The average molecular weight is 253 g/mol. The molecule has 0 radical (unpaired) electrons. The molecule has 0 saturated heterocycles. The van der Waals surface area contributed by atoms with Gasteiger partial charge >= 0.3 is 0 Å². The van der Waals surface area contributed by atoms with Gasteiger partial charge in [-0.15, -0.1) is 0 Å². The number of nitrogens with one attached hydrogen (secondary N) is 1. The lowest BCUT2D eigenvalue weighted by atomic mass is 10.1. The van der Waals surface area contributed by atoms with E-state index in [9.17, 15) is 4.79 Å². The monoisotopic (exact) mass is 253 g/mol. The summed E-state index contributed by atoms with van der Waals surface area (Å²) in [6.07, 6.45) is 1.06. The number of rotatable bonds is 6. The van der Waals surface area contributed by atoms with Crippen molar-refractivity contribution in [3.8, 4) is 0 Å². The number of ether oxygens (including phenoxy) is 1. The third-order valence-corrected chi connectivity index (χ3v) is 2.85. The molecule has 1 aromatic rings. The van der Waals surface area contributed by atoms with Crippen molar-refractivity contribution in [3.63, 3.8) is 0 Å². The minimum Gasteiger partial charge on any atom is -0.466 e. The number of hydrogen-bond donors (Lipinski definition) is 1. The summed E-state index contributed by atoms with van der Waals surface area (Å²) >= 11 is 0. The second-order valence-electron chi connectivity index (χ2n) is 4.74. The molecule has 0 bridgehead atoms. The third kappa shape index (κ3) is 3.88. The Morgan fingerprint density at radius 1 is 1.28 bits per heavy atom. The van der Waals surface area contributed by atoms with Gasteiger partial charge in [0.15, 0.2) is 0 Å². The molecule has 1 aromatic heterocycles. The van der Waals surface area contributed by atoms with Gasteiger partial charge in [-0.1, -0.05) is 0 Å². The van der Waals surface area contributed by atoms with Gasteiger partial charge in [0.25, 0.3) is 5.91 Å². The number of furan rings is 1. The first-order chi connectivity index (χ1) is 8.43. The summed E-state index contributed by atoms with van der Waals surface area (Å²) in [4.78, 5) is 12.0. The highest BCUT2D eigenvalue weighted by molar-refractivity contribution is 5.96. The molecule has 0 unspecified atom stereocenters. The van der Waals surface area contributed by atoms with Crippen molar-refractivity contribution in [1.82, 2.24) is 5.32 Å². The predicted molar refractivity (Wildman–Crippen MR) is 71.0 cm³/mol. The van der Waals surface area contributed by atoms with Crippen molar-refractivity contribution in [2.24, 2.45) is 0 Å². The van der Waals surface area contributed by atoms with E-state index in [2.05, 4.69) is 5.32 Å².